The van der Waals surface area contributed by atoms with Gasteiger partial charge in [0.25, 0.3) is 0 Å². The maximum absolute atomic E-state index is 12.7. The van der Waals surface area contributed by atoms with Crippen LogP contribution in [-0.4, -0.2) is 39.8 Å². The number of allylic oxidation sites excluding steroid dienone is 2. The van der Waals surface area contributed by atoms with E-state index in [1.807, 2.05) is 29.2 Å². The minimum absolute atomic E-state index is 0.0453. The first-order valence-electron chi connectivity index (χ1n) is 10.7. The summed E-state index contributed by atoms with van der Waals surface area (Å²) in [4.78, 5) is 34.9. The van der Waals surface area contributed by atoms with Crippen LogP contribution in [0.2, 0.25) is 0 Å². The van der Waals surface area contributed by atoms with Crippen molar-refractivity contribution in [3.8, 4) is 11.3 Å². The van der Waals surface area contributed by atoms with Crippen molar-refractivity contribution in [2.45, 2.75) is 32.1 Å². The van der Waals surface area contributed by atoms with Crippen LogP contribution in [0.25, 0.3) is 16.8 Å². The summed E-state index contributed by atoms with van der Waals surface area (Å²) in [6, 6.07) is 7.43. The van der Waals surface area contributed by atoms with Gasteiger partial charge in [0, 0.05) is 35.8 Å². The predicted molar refractivity (Wildman–Crippen MR) is 122 cm³/mol. The second-order valence-corrected chi connectivity index (χ2v) is 7.99. The molecule has 0 spiro atoms. The molecule has 7 nitrogen and oxygen atoms in total. The molecule has 2 aromatic rings. The second kappa shape index (κ2) is 9.12. The first kappa shape index (κ1) is 20.8. The summed E-state index contributed by atoms with van der Waals surface area (Å²) in [5, 5.41) is 2.74. The van der Waals surface area contributed by atoms with Crippen molar-refractivity contribution >= 4 is 28.9 Å². The van der Waals surface area contributed by atoms with Crippen molar-refractivity contribution < 1.29 is 9.59 Å². The molecule has 7 heteroatoms. The number of carbonyl (C=O) groups excluding carboxylic acids is 2. The lowest BCUT2D eigenvalue weighted by Crippen LogP contribution is -2.34. The van der Waals surface area contributed by atoms with Gasteiger partial charge in [-0.05, 0) is 55.9 Å². The second-order valence-electron chi connectivity index (χ2n) is 7.99. The molecule has 1 atom stereocenters. The molecule has 4 rings (SSSR count). The SMILES string of the molecule is C=CC(=O)Nc1ccc(-c2ncnc(N)c2C2=CCC(C(=O)N3CCCC3)CC2)cc1. The van der Waals surface area contributed by atoms with Gasteiger partial charge in [-0.2, -0.15) is 0 Å². The van der Waals surface area contributed by atoms with Gasteiger partial charge in [-0.15, -0.1) is 0 Å². The Morgan fingerprint density at radius 2 is 1.90 bits per heavy atom. The van der Waals surface area contributed by atoms with E-state index in [2.05, 4.69) is 27.9 Å². The summed E-state index contributed by atoms with van der Waals surface area (Å²) in [7, 11) is 0. The third kappa shape index (κ3) is 4.50. The van der Waals surface area contributed by atoms with Crippen molar-refractivity contribution in [3.63, 3.8) is 0 Å². The summed E-state index contributed by atoms with van der Waals surface area (Å²) >= 11 is 0. The first-order chi connectivity index (χ1) is 15.1. The van der Waals surface area contributed by atoms with E-state index in [1.165, 1.54) is 12.4 Å². The van der Waals surface area contributed by atoms with Crippen molar-refractivity contribution in [1.29, 1.82) is 0 Å². The molecule has 1 aliphatic carbocycles. The molecular weight excluding hydrogens is 390 g/mol. The molecule has 31 heavy (non-hydrogen) atoms. The van der Waals surface area contributed by atoms with Gasteiger partial charge in [0.1, 0.15) is 12.1 Å². The quantitative estimate of drug-likeness (QED) is 0.723. The molecule has 0 saturated carbocycles. The average Bonchev–Trinajstić information content (AvgIpc) is 3.34. The van der Waals surface area contributed by atoms with Crippen LogP contribution < -0.4 is 11.1 Å². The van der Waals surface area contributed by atoms with Crippen LogP contribution in [0.15, 0.2) is 49.3 Å². The Hall–Kier alpha value is -3.48. The summed E-state index contributed by atoms with van der Waals surface area (Å²) in [6.45, 7) is 5.24. The number of carbonyl (C=O) groups is 2. The Balaban J connectivity index is 1.56. The standard InChI is InChI=1S/C24H27N5O2/c1-2-20(30)28-19-11-9-17(10-12-19)22-21(23(25)27-15-26-22)16-5-7-18(8-6-16)24(31)29-13-3-4-14-29/h2,5,9-12,15,18H,1,3-4,6-8,13-14H2,(H,28,30)(H2,25,26,27). The maximum atomic E-state index is 12.7. The molecule has 1 aromatic carbocycles. The van der Waals surface area contributed by atoms with Crippen molar-refractivity contribution in [2.75, 3.05) is 24.1 Å². The number of amides is 2. The molecule has 160 valence electrons. The lowest BCUT2D eigenvalue weighted by atomic mass is 9.84. The lowest BCUT2D eigenvalue weighted by molar-refractivity contribution is -0.134. The summed E-state index contributed by atoms with van der Waals surface area (Å²) in [5.74, 6) is 0.501. The summed E-state index contributed by atoms with van der Waals surface area (Å²) in [5.41, 5.74) is 10.5. The van der Waals surface area contributed by atoms with E-state index >= 15 is 0 Å². The van der Waals surface area contributed by atoms with E-state index in [9.17, 15) is 9.59 Å². The Labute approximate surface area is 182 Å². The normalized spacial score (nSPS) is 18.4. The Morgan fingerprint density at radius 3 is 2.55 bits per heavy atom. The number of likely N-dealkylation sites (tertiary alicyclic amines) is 1. The molecule has 1 unspecified atom stereocenters. The summed E-state index contributed by atoms with van der Waals surface area (Å²) in [6.07, 6.45) is 9.32. The highest BCUT2D eigenvalue weighted by Gasteiger charge is 2.29. The fourth-order valence-corrected chi connectivity index (χ4v) is 4.32. The number of nitrogens with zero attached hydrogens (tertiary/aromatic N) is 3. The minimum atomic E-state index is -0.259. The zero-order valence-electron chi connectivity index (χ0n) is 17.5. The van der Waals surface area contributed by atoms with E-state index in [-0.39, 0.29) is 17.7 Å². The van der Waals surface area contributed by atoms with Gasteiger partial charge in [0.15, 0.2) is 0 Å². The number of aromatic nitrogens is 2. The highest BCUT2D eigenvalue weighted by Crippen LogP contribution is 2.38. The largest absolute Gasteiger partial charge is 0.383 e. The van der Waals surface area contributed by atoms with Crippen LogP contribution in [0.4, 0.5) is 11.5 Å². The number of nitrogen functional groups attached to an aromatic ring is 1. The Bertz CT molecular complexity index is 1020. The van der Waals surface area contributed by atoms with Crippen molar-refractivity contribution in [2.24, 2.45) is 5.92 Å². The van der Waals surface area contributed by atoms with Crippen molar-refractivity contribution in [3.05, 3.63) is 54.9 Å². The Kier molecular flexibility index (Phi) is 6.11. The van der Waals surface area contributed by atoms with Gasteiger partial charge in [0.05, 0.1) is 5.69 Å². The number of nitrogens with one attached hydrogen (secondary N) is 1. The number of hydrogen-bond donors (Lipinski definition) is 2. The molecular formula is C24H27N5O2. The van der Waals surface area contributed by atoms with Gasteiger partial charge in [-0.3, -0.25) is 9.59 Å². The fraction of sp³-hybridized carbons (Fsp3) is 0.333. The number of anilines is 2. The zero-order valence-corrected chi connectivity index (χ0v) is 17.5. The average molecular weight is 418 g/mol. The third-order valence-corrected chi connectivity index (χ3v) is 5.99. The van der Waals surface area contributed by atoms with Crippen LogP contribution in [0, 0.1) is 5.92 Å². The number of rotatable bonds is 5. The molecule has 2 aliphatic rings. The van der Waals surface area contributed by atoms with Crippen LogP contribution >= 0.6 is 0 Å². The van der Waals surface area contributed by atoms with E-state index in [0.29, 0.717) is 17.9 Å². The third-order valence-electron chi connectivity index (χ3n) is 5.99. The number of nitrogens with two attached hydrogens (primary N) is 1. The van der Waals surface area contributed by atoms with E-state index in [4.69, 9.17) is 5.73 Å². The molecule has 0 bridgehead atoms. The molecule has 1 aliphatic heterocycles. The van der Waals surface area contributed by atoms with E-state index in [0.717, 1.165) is 61.2 Å². The smallest absolute Gasteiger partial charge is 0.247 e. The minimum Gasteiger partial charge on any atom is -0.383 e. The monoisotopic (exact) mass is 417 g/mol. The highest BCUT2D eigenvalue weighted by molar-refractivity contribution is 5.99. The fourth-order valence-electron chi connectivity index (χ4n) is 4.32. The van der Waals surface area contributed by atoms with Gasteiger partial charge in [-0.25, -0.2) is 9.97 Å². The first-order valence-corrected chi connectivity index (χ1v) is 10.7. The molecule has 3 N–H and O–H groups in total. The lowest BCUT2D eigenvalue weighted by Gasteiger charge is -2.26. The van der Waals surface area contributed by atoms with Crippen LogP contribution in [0.5, 0.6) is 0 Å². The molecule has 2 amide bonds. The predicted octanol–water partition coefficient (Wildman–Crippen LogP) is 3.66. The molecule has 1 aromatic heterocycles. The maximum Gasteiger partial charge on any atom is 0.247 e. The van der Waals surface area contributed by atoms with Crippen LogP contribution in [0.1, 0.15) is 37.7 Å². The van der Waals surface area contributed by atoms with Gasteiger partial charge in [-0.1, -0.05) is 24.8 Å². The summed E-state index contributed by atoms with van der Waals surface area (Å²) < 4.78 is 0. The molecule has 0 radical (unpaired) electrons. The molecule has 1 fully saturated rings. The number of benzene rings is 1. The van der Waals surface area contributed by atoms with Gasteiger partial charge in [0.2, 0.25) is 11.8 Å². The molecule has 1 saturated heterocycles. The van der Waals surface area contributed by atoms with E-state index in [1.54, 1.807) is 0 Å². The van der Waals surface area contributed by atoms with Gasteiger partial charge < -0.3 is 16.0 Å². The molecule has 2 heterocycles. The topological polar surface area (TPSA) is 101 Å². The van der Waals surface area contributed by atoms with Crippen molar-refractivity contribution in [1.82, 2.24) is 14.9 Å². The highest BCUT2D eigenvalue weighted by atomic mass is 16.2. The van der Waals surface area contributed by atoms with Crippen LogP contribution in [0.3, 0.4) is 0 Å². The number of hydrogen-bond acceptors (Lipinski definition) is 5. The van der Waals surface area contributed by atoms with E-state index < -0.39 is 0 Å². The van der Waals surface area contributed by atoms with Gasteiger partial charge >= 0.3 is 0 Å². The van der Waals surface area contributed by atoms with Crippen LogP contribution in [-0.2, 0) is 9.59 Å². The Morgan fingerprint density at radius 1 is 1.16 bits per heavy atom. The zero-order chi connectivity index (χ0) is 21.8.